The van der Waals surface area contributed by atoms with Crippen molar-refractivity contribution in [3.8, 4) is 45.3 Å². The predicted octanol–water partition coefficient (Wildman–Crippen LogP) is 7.08. The van der Waals surface area contributed by atoms with Crippen molar-refractivity contribution in [1.82, 2.24) is 0 Å². The van der Waals surface area contributed by atoms with Gasteiger partial charge in [0, 0.05) is 11.1 Å². The molecule has 0 unspecified atom stereocenters. The highest BCUT2D eigenvalue weighted by molar-refractivity contribution is 5.86. The molecule has 1 saturated carbocycles. The molecule has 192 valence electrons. The maximum Gasteiger partial charge on any atom is 0.216 e. The van der Waals surface area contributed by atoms with E-state index in [1.165, 1.54) is 37.7 Å². The Labute approximate surface area is 219 Å². The number of nitrogens with zero attached hydrogens (tertiary/aromatic N) is 1. The maximum atomic E-state index is 5.85. The fourth-order valence-corrected chi connectivity index (χ4v) is 5.66. The minimum atomic E-state index is 0.679. The van der Waals surface area contributed by atoms with Crippen molar-refractivity contribution in [2.75, 3.05) is 28.4 Å². The number of hydrogen-bond donors (Lipinski definition) is 0. The lowest BCUT2D eigenvalue weighted by Gasteiger charge is -2.22. The van der Waals surface area contributed by atoms with E-state index in [-0.39, 0.29) is 0 Å². The van der Waals surface area contributed by atoms with E-state index >= 15 is 0 Å². The Morgan fingerprint density at radius 1 is 0.649 bits per heavy atom. The van der Waals surface area contributed by atoms with E-state index in [1.54, 1.807) is 28.4 Å². The highest BCUT2D eigenvalue weighted by Gasteiger charge is 2.20. The summed E-state index contributed by atoms with van der Waals surface area (Å²) in [4.78, 5) is 0. The van der Waals surface area contributed by atoms with E-state index < -0.39 is 0 Å². The Kier molecular flexibility index (Phi) is 7.22. The zero-order chi connectivity index (χ0) is 25.9. The van der Waals surface area contributed by atoms with Crippen molar-refractivity contribution in [3.05, 3.63) is 66.4 Å². The number of benzene rings is 3. The van der Waals surface area contributed by atoms with Gasteiger partial charge in [-0.05, 0) is 59.7 Å². The van der Waals surface area contributed by atoms with Crippen molar-refractivity contribution in [2.24, 2.45) is 7.05 Å². The Balaban J connectivity index is 1.61. The Morgan fingerprint density at radius 3 is 1.97 bits per heavy atom. The topological polar surface area (TPSA) is 40.8 Å². The number of methoxy groups -OCH3 is 4. The average molecular weight is 499 g/mol. The molecule has 5 heteroatoms. The molecule has 5 nitrogen and oxygen atoms in total. The molecule has 0 N–H and O–H groups in total. The van der Waals surface area contributed by atoms with Crippen LogP contribution in [0.15, 0.2) is 60.8 Å². The van der Waals surface area contributed by atoms with Gasteiger partial charge in [-0.3, -0.25) is 0 Å². The first kappa shape index (κ1) is 24.9. The van der Waals surface area contributed by atoms with E-state index in [1.807, 2.05) is 25.2 Å². The first-order chi connectivity index (χ1) is 18.1. The Morgan fingerprint density at radius 2 is 1.32 bits per heavy atom. The van der Waals surface area contributed by atoms with Crippen LogP contribution in [0.5, 0.6) is 23.0 Å². The third kappa shape index (κ3) is 4.83. The second-order valence-electron chi connectivity index (χ2n) is 9.82. The quantitative estimate of drug-likeness (QED) is 0.255. The lowest BCUT2D eigenvalue weighted by molar-refractivity contribution is -0.644. The number of aryl methyl sites for hydroxylation is 1. The van der Waals surface area contributed by atoms with Gasteiger partial charge >= 0.3 is 0 Å². The molecule has 0 amide bonds. The summed E-state index contributed by atoms with van der Waals surface area (Å²) >= 11 is 0. The molecule has 1 aliphatic carbocycles. The summed E-state index contributed by atoms with van der Waals surface area (Å²) in [6.07, 6.45) is 8.75. The molecular formula is C32H36NO4+. The molecule has 1 aromatic heterocycles. The second-order valence-corrected chi connectivity index (χ2v) is 9.82. The van der Waals surface area contributed by atoms with Crippen LogP contribution in [-0.4, -0.2) is 28.4 Å². The Hall–Kier alpha value is -3.73. The van der Waals surface area contributed by atoms with Gasteiger partial charge in [0.25, 0.3) is 0 Å². The van der Waals surface area contributed by atoms with Gasteiger partial charge in [0.05, 0.1) is 39.9 Å². The number of rotatable bonds is 7. The van der Waals surface area contributed by atoms with Gasteiger partial charge in [0.1, 0.15) is 7.05 Å². The lowest BCUT2D eigenvalue weighted by Crippen LogP contribution is -2.28. The molecule has 5 rings (SSSR count). The smallest absolute Gasteiger partial charge is 0.216 e. The lowest BCUT2D eigenvalue weighted by atomic mass is 9.83. The number of ether oxygens (including phenoxy) is 4. The molecule has 0 atom stereocenters. The third-order valence-electron chi connectivity index (χ3n) is 7.67. The molecule has 0 radical (unpaired) electrons. The largest absolute Gasteiger partial charge is 0.493 e. The normalized spacial score (nSPS) is 14.0. The van der Waals surface area contributed by atoms with Gasteiger partial charge in [-0.15, -0.1) is 0 Å². The first-order valence-electron chi connectivity index (χ1n) is 13.0. The van der Waals surface area contributed by atoms with Crippen molar-refractivity contribution in [1.29, 1.82) is 0 Å². The average Bonchev–Trinajstić information content (AvgIpc) is 2.96. The molecule has 1 heterocycles. The van der Waals surface area contributed by atoms with E-state index in [0.29, 0.717) is 23.2 Å². The zero-order valence-corrected chi connectivity index (χ0v) is 22.5. The predicted molar refractivity (Wildman–Crippen MR) is 148 cm³/mol. The van der Waals surface area contributed by atoms with Crippen LogP contribution in [0.25, 0.3) is 33.2 Å². The molecule has 0 aliphatic heterocycles. The van der Waals surface area contributed by atoms with E-state index in [9.17, 15) is 0 Å². The molecule has 3 aromatic carbocycles. The van der Waals surface area contributed by atoms with Crippen molar-refractivity contribution < 1.29 is 23.5 Å². The van der Waals surface area contributed by atoms with Gasteiger partial charge < -0.3 is 18.9 Å². The number of hydrogen-bond acceptors (Lipinski definition) is 4. The highest BCUT2D eigenvalue weighted by atomic mass is 16.5. The van der Waals surface area contributed by atoms with E-state index in [0.717, 1.165) is 38.9 Å². The number of aromatic nitrogens is 1. The summed E-state index contributed by atoms with van der Waals surface area (Å²) in [6.45, 7) is 0. The van der Waals surface area contributed by atoms with Crippen LogP contribution in [0.2, 0.25) is 0 Å². The number of pyridine rings is 1. The first-order valence-corrected chi connectivity index (χ1v) is 13.0. The highest BCUT2D eigenvalue weighted by Crippen LogP contribution is 2.43. The monoisotopic (exact) mass is 498 g/mol. The summed E-state index contributed by atoms with van der Waals surface area (Å²) in [5.74, 6) is 3.55. The summed E-state index contributed by atoms with van der Waals surface area (Å²) in [5, 5.41) is 1.06. The summed E-state index contributed by atoms with van der Waals surface area (Å²) < 4.78 is 24.8. The van der Waals surface area contributed by atoms with Crippen LogP contribution < -0.4 is 23.5 Å². The number of fused-ring (bicyclic) bond motifs is 1. The van der Waals surface area contributed by atoms with Crippen LogP contribution in [0.1, 0.15) is 43.6 Å². The SMILES string of the molecule is COc1cc2cc(-c3cc(OC)c(OC)c(-c4ccc(C5CCCCC5)cc4)c3)c[n+](C)c2cc1OC. The summed E-state index contributed by atoms with van der Waals surface area (Å²) in [6, 6.07) is 19.5. The zero-order valence-electron chi connectivity index (χ0n) is 22.5. The molecular weight excluding hydrogens is 462 g/mol. The molecule has 1 fully saturated rings. The maximum absolute atomic E-state index is 5.85. The molecule has 1 aliphatic rings. The van der Waals surface area contributed by atoms with Gasteiger partial charge in [-0.25, -0.2) is 4.57 Å². The van der Waals surface area contributed by atoms with Crippen LogP contribution in [0.4, 0.5) is 0 Å². The van der Waals surface area contributed by atoms with Crippen molar-refractivity contribution >= 4 is 10.9 Å². The Bertz CT molecular complexity index is 1410. The van der Waals surface area contributed by atoms with E-state index in [4.69, 9.17) is 18.9 Å². The fraction of sp³-hybridized carbons (Fsp3) is 0.344. The fourth-order valence-electron chi connectivity index (χ4n) is 5.66. The minimum Gasteiger partial charge on any atom is -0.493 e. The second kappa shape index (κ2) is 10.7. The minimum absolute atomic E-state index is 0.679. The standard InChI is InChI=1S/C32H36NO4/c1-33-20-26(15-25-18-29(34-2)30(35-3)19-28(25)33)24-16-27(32(37-5)31(17-24)36-4)23-13-11-22(12-14-23)21-9-7-6-8-10-21/h11-21H,6-10H2,1-5H3/q+1. The third-order valence-corrected chi connectivity index (χ3v) is 7.67. The van der Waals surface area contributed by atoms with Gasteiger partial charge in [0.2, 0.25) is 5.52 Å². The molecule has 0 bridgehead atoms. The van der Waals surface area contributed by atoms with Gasteiger partial charge in [-0.1, -0.05) is 43.5 Å². The summed E-state index contributed by atoms with van der Waals surface area (Å²) in [7, 11) is 8.75. The molecule has 37 heavy (non-hydrogen) atoms. The van der Waals surface area contributed by atoms with Crippen molar-refractivity contribution in [2.45, 2.75) is 38.0 Å². The van der Waals surface area contributed by atoms with Crippen molar-refractivity contribution in [3.63, 3.8) is 0 Å². The van der Waals surface area contributed by atoms with Crippen LogP contribution in [-0.2, 0) is 7.05 Å². The van der Waals surface area contributed by atoms with Gasteiger partial charge in [0.15, 0.2) is 29.2 Å². The van der Waals surface area contributed by atoms with Gasteiger partial charge in [-0.2, -0.15) is 0 Å². The molecule has 0 spiro atoms. The van der Waals surface area contributed by atoms with Crippen LogP contribution in [0.3, 0.4) is 0 Å². The van der Waals surface area contributed by atoms with Crippen LogP contribution >= 0.6 is 0 Å². The molecule has 4 aromatic rings. The summed E-state index contributed by atoms with van der Waals surface area (Å²) in [5.41, 5.74) is 6.76. The van der Waals surface area contributed by atoms with Crippen LogP contribution in [0, 0.1) is 0 Å². The van der Waals surface area contributed by atoms with E-state index in [2.05, 4.69) is 47.2 Å². The molecule has 0 saturated heterocycles.